The molecule has 0 bridgehead atoms. The number of nitrogens with zero attached hydrogens (tertiary/aromatic N) is 1. The molecule has 1 aromatic carbocycles. The molecule has 2 N–H and O–H groups in total. The van der Waals surface area contributed by atoms with Crippen molar-refractivity contribution >= 4 is 0 Å². The maximum absolute atomic E-state index is 10.4. The van der Waals surface area contributed by atoms with Crippen molar-refractivity contribution in [3.8, 4) is 0 Å². The van der Waals surface area contributed by atoms with Gasteiger partial charge < -0.3 is 14.9 Å². The maximum Gasteiger partial charge on any atom is 0.131 e. The summed E-state index contributed by atoms with van der Waals surface area (Å²) in [5, 5.41) is 19.6. The average Bonchev–Trinajstić information content (AvgIpc) is 2.58. The molecule has 2 atom stereocenters. The van der Waals surface area contributed by atoms with Gasteiger partial charge in [-0.15, -0.1) is 0 Å². The lowest BCUT2D eigenvalue weighted by Gasteiger charge is -2.27. The highest BCUT2D eigenvalue weighted by Gasteiger charge is 2.16. The first-order chi connectivity index (χ1) is 11.2. The number of unbranched alkanes of at least 4 members (excludes halogenated alkanes) is 1. The van der Waals surface area contributed by atoms with Gasteiger partial charge in [0.25, 0.3) is 0 Å². The highest BCUT2D eigenvalue weighted by Crippen LogP contribution is 2.13. The molecule has 0 aliphatic rings. The summed E-state index contributed by atoms with van der Waals surface area (Å²) in [6.45, 7) is 6.45. The largest absolute Gasteiger partial charge is 0.395 e. The average molecular weight is 323 g/mol. The van der Waals surface area contributed by atoms with Crippen molar-refractivity contribution in [1.82, 2.24) is 4.90 Å². The summed E-state index contributed by atoms with van der Waals surface area (Å²) in [5.74, 6) is 0.572. The van der Waals surface area contributed by atoms with Crippen LogP contribution < -0.4 is 0 Å². The fourth-order valence-corrected chi connectivity index (χ4v) is 2.62. The minimum Gasteiger partial charge on any atom is -0.395 e. The van der Waals surface area contributed by atoms with Crippen LogP contribution in [-0.4, -0.2) is 47.7 Å². The Labute approximate surface area is 141 Å². The van der Waals surface area contributed by atoms with E-state index in [1.165, 1.54) is 19.3 Å². The van der Waals surface area contributed by atoms with Gasteiger partial charge in [0.05, 0.1) is 13.2 Å². The summed E-state index contributed by atoms with van der Waals surface area (Å²) in [6.07, 6.45) is 4.05. The van der Waals surface area contributed by atoms with E-state index in [0.29, 0.717) is 25.6 Å². The highest BCUT2D eigenvalue weighted by molar-refractivity contribution is 5.14. The van der Waals surface area contributed by atoms with Gasteiger partial charge in [-0.05, 0) is 17.9 Å². The van der Waals surface area contributed by atoms with E-state index >= 15 is 0 Å². The van der Waals surface area contributed by atoms with E-state index in [2.05, 4.69) is 13.8 Å². The van der Waals surface area contributed by atoms with Gasteiger partial charge in [0, 0.05) is 19.7 Å². The first-order valence-corrected chi connectivity index (χ1v) is 8.85. The van der Waals surface area contributed by atoms with E-state index in [1.54, 1.807) is 0 Å². The quantitative estimate of drug-likeness (QED) is 0.548. The molecule has 0 saturated carbocycles. The third-order valence-corrected chi connectivity index (χ3v) is 4.20. The molecule has 23 heavy (non-hydrogen) atoms. The lowest BCUT2D eigenvalue weighted by Crippen LogP contribution is -2.40. The fraction of sp³-hybridized carbons (Fsp3) is 0.684. The molecule has 132 valence electrons. The van der Waals surface area contributed by atoms with Crippen LogP contribution in [0.5, 0.6) is 0 Å². The third-order valence-electron chi connectivity index (χ3n) is 4.20. The summed E-state index contributed by atoms with van der Waals surface area (Å²) in [4.78, 5) is 1.85. The minimum absolute atomic E-state index is 0.0258. The van der Waals surface area contributed by atoms with E-state index < -0.39 is 6.23 Å². The molecule has 4 heteroatoms. The zero-order valence-electron chi connectivity index (χ0n) is 14.7. The van der Waals surface area contributed by atoms with Crippen LogP contribution in [0.15, 0.2) is 30.3 Å². The molecule has 4 nitrogen and oxygen atoms in total. The smallest absolute Gasteiger partial charge is 0.131 e. The molecule has 0 spiro atoms. The van der Waals surface area contributed by atoms with E-state index in [1.807, 2.05) is 35.2 Å². The number of aliphatic hydroxyl groups is 2. The molecule has 0 aliphatic carbocycles. The standard InChI is InChI=1S/C19H33NO3/c1-3-5-9-17(4-2)15-23-16-19(22)20(12-13-21)14-18-10-7-6-8-11-18/h6-8,10-11,17,19,21-22H,3-5,9,12-16H2,1-2H3. The zero-order valence-corrected chi connectivity index (χ0v) is 14.7. The first kappa shape index (κ1) is 20.1. The second kappa shape index (κ2) is 12.5. The molecule has 0 heterocycles. The summed E-state index contributed by atoms with van der Waals surface area (Å²) >= 11 is 0. The van der Waals surface area contributed by atoms with Gasteiger partial charge in [-0.3, -0.25) is 4.90 Å². The van der Waals surface area contributed by atoms with Crippen LogP contribution in [0.25, 0.3) is 0 Å². The number of rotatable bonds is 13. The molecule has 0 fully saturated rings. The molecule has 1 aromatic rings. The van der Waals surface area contributed by atoms with Gasteiger partial charge in [0.1, 0.15) is 6.23 Å². The number of hydrogen-bond acceptors (Lipinski definition) is 4. The van der Waals surface area contributed by atoms with Crippen molar-refractivity contribution in [3.63, 3.8) is 0 Å². The van der Waals surface area contributed by atoms with Crippen molar-refractivity contribution in [1.29, 1.82) is 0 Å². The number of hydrogen-bond donors (Lipinski definition) is 2. The van der Waals surface area contributed by atoms with Gasteiger partial charge in [0.15, 0.2) is 0 Å². The van der Waals surface area contributed by atoms with Gasteiger partial charge in [-0.2, -0.15) is 0 Å². The molecule has 0 aliphatic heterocycles. The van der Waals surface area contributed by atoms with Crippen molar-refractivity contribution in [2.24, 2.45) is 5.92 Å². The Morgan fingerprint density at radius 3 is 2.48 bits per heavy atom. The molecule has 0 amide bonds. The van der Waals surface area contributed by atoms with Crippen LogP contribution in [0.2, 0.25) is 0 Å². The summed E-state index contributed by atoms with van der Waals surface area (Å²) in [5.41, 5.74) is 1.12. The summed E-state index contributed by atoms with van der Waals surface area (Å²) in [6, 6.07) is 9.98. The Kier molecular flexibility index (Phi) is 10.9. The van der Waals surface area contributed by atoms with Crippen LogP contribution in [0.3, 0.4) is 0 Å². The predicted octanol–water partition coefficient (Wildman–Crippen LogP) is 3.03. The summed E-state index contributed by atoms with van der Waals surface area (Å²) in [7, 11) is 0. The van der Waals surface area contributed by atoms with Crippen molar-refractivity contribution in [2.45, 2.75) is 52.3 Å². The monoisotopic (exact) mass is 323 g/mol. The molecular weight excluding hydrogens is 290 g/mol. The van der Waals surface area contributed by atoms with Gasteiger partial charge in [0.2, 0.25) is 0 Å². The fourth-order valence-electron chi connectivity index (χ4n) is 2.62. The van der Waals surface area contributed by atoms with Gasteiger partial charge in [-0.25, -0.2) is 0 Å². The second-order valence-corrected chi connectivity index (χ2v) is 6.11. The Hall–Kier alpha value is -0.940. The SMILES string of the molecule is CCCCC(CC)COCC(O)N(CCO)Cc1ccccc1. The molecule has 1 rings (SSSR count). The van der Waals surface area contributed by atoms with Crippen molar-refractivity contribution in [2.75, 3.05) is 26.4 Å². The van der Waals surface area contributed by atoms with Crippen LogP contribution in [-0.2, 0) is 11.3 Å². The second-order valence-electron chi connectivity index (χ2n) is 6.11. The summed E-state index contributed by atoms with van der Waals surface area (Å²) < 4.78 is 5.74. The van der Waals surface area contributed by atoms with E-state index in [-0.39, 0.29) is 13.2 Å². The molecule has 0 radical (unpaired) electrons. The van der Waals surface area contributed by atoms with Gasteiger partial charge in [-0.1, -0.05) is 63.4 Å². The highest BCUT2D eigenvalue weighted by atomic mass is 16.5. The van der Waals surface area contributed by atoms with Crippen molar-refractivity contribution in [3.05, 3.63) is 35.9 Å². The lowest BCUT2D eigenvalue weighted by atomic mass is 10.0. The Bertz CT molecular complexity index is 385. The molecular formula is C19H33NO3. The van der Waals surface area contributed by atoms with E-state index in [4.69, 9.17) is 4.74 Å². The van der Waals surface area contributed by atoms with E-state index in [9.17, 15) is 10.2 Å². The van der Waals surface area contributed by atoms with Crippen LogP contribution in [0.4, 0.5) is 0 Å². The molecule has 2 unspecified atom stereocenters. The van der Waals surface area contributed by atoms with E-state index in [0.717, 1.165) is 12.0 Å². The normalized spacial score (nSPS) is 14.1. The van der Waals surface area contributed by atoms with Crippen LogP contribution in [0.1, 0.15) is 45.1 Å². The topological polar surface area (TPSA) is 52.9 Å². The van der Waals surface area contributed by atoms with Crippen LogP contribution in [0, 0.1) is 5.92 Å². The molecule has 0 aromatic heterocycles. The van der Waals surface area contributed by atoms with Gasteiger partial charge >= 0.3 is 0 Å². The first-order valence-electron chi connectivity index (χ1n) is 8.85. The number of aliphatic hydroxyl groups excluding tert-OH is 2. The third kappa shape index (κ3) is 8.47. The maximum atomic E-state index is 10.4. The zero-order chi connectivity index (χ0) is 16.9. The Morgan fingerprint density at radius 1 is 1.13 bits per heavy atom. The van der Waals surface area contributed by atoms with Crippen LogP contribution >= 0.6 is 0 Å². The number of benzene rings is 1. The molecule has 0 saturated heterocycles. The Balaban J connectivity index is 2.40. The predicted molar refractivity (Wildman–Crippen MR) is 94.1 cm³/mol. The minimum atomic E-state index is -0.689. The Morgan fingerprint density at radius 2 is 1.87 bits per heavy atom. The lowest BCUT2D eigenvalue weighted by molar-refractivity contribution is -0.0730. The number of ether oxygens (including phenoxy) is 1. The van der Waals surface area contributed by atoms with Crippen molar-refractivity contribution < 1.29 is 14.9 Å².